The zero-order valence-corrected chi connectivity index (χ0v) is 17.0. The van der Waals surface area contributed by atoms with Crippen LogP contribution < -0.4 is 0 Å². The molecule has 28 heavy (non-hydrogen) atoms. The zero-order valence-electron chi connectivity index (χ0n) is 16.2. The molecule has 0 saturated carbocycles. The molecule has 0 N–H and O–H groups in total. The normalized spacial score (nSPS) is 11.0. The first kappa shape index (κ1) is 18.4. The number of carbonyl (C=O) groups is 1. The van der Waals surface area contributed by atoms with Crippen LogP contribution in [0.4, 0.5) is 0 Å². The van der Waals surface area contributed by atoms with Gasteiger partial charge in [-0.25, -0.2) is 4.98 Å². The van der Waals surface area contributed by atoms with Gasteiger partial charge in [-0.2, -0.15) is 0 Å². The highest BCUT2D eigenvalue weighted by molar-refractivity contribution is 7.17. The number of ether oxygens (including phenoxy) is 1. The van der Waals surface area contributed by atoms with Crippen molar-refractivity contribution in [1.29, 1.82) is 0 Å². The molecule has 0 amide bonds. The highest BCUT2D eigenvalue weighted by Gasteiger charge is 2.21. The summed E-state index contributed by atoms with van der Waals surface area (Å²) in [5.74, 6) is -0.255. The molecule has 0 aliphatic carbocycles. The molecule has 0 unspecified atom stereocenters. The van der Waals surface area contributed by atoms with Gasteiger partial charge in [-0.15, -0.1) is 11.3 Å². The van der Waals surface area contributed by atoms with Crippen molar-refractivity contribution < 1.29 is 9.53 Å². The van der Waals surface area contributed by atoms with E-state index in [1.165, 1.54) is 12.7 Å². The lowest BCUT2D eigenvalue weighted by Crippen LogP contribution is -2.08. The topological polar surface area (TPSA) is 39.2 Å². The Bertz CT molecular complexity index is 1140. The highest BCUT2D eigenvalue weighted by Crippen LogP contribution is 2.42. The fourth-order valence-electron chi connectivity index (χ4n) is 3.52. The summed E-state index contributed by atoms with van der Waals surface area (Å²) >= 11 is 1.64. The molecule has 0 fully saturated rings. The van der Waals surface area contributed by atoms with E-state index in [4.69, 9.17) is 9.72 Å². The summed E-state index contributed by atoms with van der Waals surface area (Å²) < 4.78 is 4.96. The summed E-state index contributed by atoms with van der Waals surface area (Å²) in [6.45, 7) is 4.05. The summed E-state index contributed by atoms with van der Waals surface area (Å²) in [4.78, 5) is 18.0. The molecule has 0 bridgehead atoms. The minimum Gasteiger partial charge on any atom is -0.469 e. The highest BCUT2D eigenvalue weighted by atomic mass is 32.1. The minimum absolute atomic E-state index is 0.207. The van der Waals surface area contributed by atoms with Crippen molar-refractivity contribution in [3.63, 3.8) is 0 Å². The van der Waals surface area contributed by atoms with Gasteiger partial charge in [-0.3, -0.25) is 4.79 Å². The van der Waals surface area contributed by atoms with E-state index >= 15 is 0 Å². The van der Waals surface area contributed by atoms with Crippen LogP contribution in [0, 0.1) is 13.8 Å². The van der Waals surface area contributed by atoms with Crippen LogP contribution in [0.1, 0.15) is 16.8 Å². The second-order valence-corrected chi connectivity index (χ2v) is 7.72. The van der Waals surface area contributed by atoms with Gasteiger partial charge in [-0.05, 0) is 36.1 Å². The second kappa shape index (κ2) is 7.56. The molecule has 0 saturated heterocycles. The Morgan fingerprint density at radius 2 is 1.71 bits per heavy atom. The summed E-state index contributed by atoms with van der Waals surface area (Å²) in [5.41, 5.74) is 7.47. The Kier molecular flexibility index (Phi) is 4.97. The monoisotopic (exact) mass is 387 g/mol. The molecule has 2 heterocycles. The Labute approximate surface area is 168 Å². The summed E-state index contributed by atoms with van der Waals surface area (Å²) in [7, 11) is 1.43. The predicted octanol–water partition coefficient (Wildman–Crippen LogP) is 5.96. The van der Waals surface area contributed by atoms with Gasteiger partial charge in [0.15, 0.2) is 0 Å². The zero-order chi connectivity index (χ0) is 19.7. The van der Waals surface area contributed by atoms with E-state index in [0.29, 0.717) is 0 Å². The van der Waals surface area contributed by atoms with Gasteiger partial charge in [0.25, 0.3) is 0 Å². The van der Waals surface area contributed by atoms with Gasteiger partial charge >= 0.3 is 5.97 Å². The average Bonchev–Trinajstić information content (AvgIpc) is 3.13. The molecule has 3 nitrogen and oxygen atoms in total. The van der Waals surface area contributed by atoms with Crippen LogP contribution in [-0.2, 0) is 16.0 Å². The van der Waals surface area contributed by atoms with Gasteiger partial charge in [0.2, 0.25) is 0 Å². The number of rotatable bonds is 4. The van der Waals surface area contributed by atoms with Crippen molar-refractivity contribution in [1.82, 2.24) is 4.98 Å². The number of aromatic nitrogens is 1. The molecule has 4 rings (SSSR count). The van der Waals surface area contributed by atoms with E-state index in [-0.39, 0.29) is 12.4 Å². The smallest absolute Gasteiger partial charge is 0.310 e. The molecule has 0 spiro atoms. The SMILES string of the molecule is COC(=O)Cc1c(C)nc2scc(-c3ccccc3)c2c1-c1ccc(C)cc1. The first-order valence-electron chi connectivity index (χ1n) is 9.18. The van der Waals surface area contributed by atoms with Gasteiger partial charge < -0.3 is 4.74 Å². The number of esters is 1. The van der Waals surface area contributed by atoms with Gasteiger partial charge in [0, 0.05) is 22.0 Å². The molecule has 0 aliphatic heterocycles. The van der Waals surface area contributed by atoms with Crippen LogP contribution in [0.3, 0.4) is 0 Å². The first-order valence-corrected chi connectivity index (χ1v) is 10.1. The second-order valence-electron chi connectivity index (χ2n) is 6.87. The van der Waals surface area contributed by atoms with Gasteiger partial charge in [-0.1, -0.05) is 60.2 Å². The minimum atomic E-state index is -0.255. The van der Waals surface area contributed by atoms with Crippen LogP contribution >= 0.6 is 11.3 Å². The predicted molar refractivity (Wildman–Crippen MR) is 116 cm³/mol. The lowest BCUT2D eigenvalue weighted by atomic mass is 9.91. The van der Waals surface area contributed by atoms with Crippen molar-refractivity contribution in [3.8, 4) is 22.3 Å². The molecule has 140 valence electrons. The van der Waals surface area contributed by atoms with Gasteiger partial charge in [0.05, 0.1) is 13.5 Å². The quantitative estimate of drug-likeness (QED) is 0.405. The third-order valence-electron chi connectivity index (χ3n) is 5.00. The van der Waals surface area contributed by atoms with E-state index in [9.17, 15) is 4.79 Å². The van der Waals surface area contributed by atoms with Crippen LogP contribution in [0.25, 0.3) is 32.5 Å². The number of aryl methyl sites for hydroxylation is 2. The number of hydrogen-bond acceptors (Lipinski definition) is 4. The van der Waals surface area contributed by atoms with Crippen LogP contribution in [0.5, 0.6) is 0 Å². The number of benzene rings is 2. The van der Waals surface area contributed by atoms with Crippen molar-refractivity contribution in [3.05, 3.63) is 76.8 Å². The van der Waals surface area contributed by atoms with Crippen molar-refractivity contribution in [2.75, 3.05) is 7.11 Å². The fraction of sp³-hybridized carbons (Fsp3) is 0.167. The number of hydrogen-bond donors (Lipinski definition) is 0. The van der Waals surface area contributed by atoms with Gasteiger partial charge in [0.1, 0.15) is 4.83 Å². The fourth-order valence-corrected chi connectivity index (χ4v) is 4.53. The largest absolute Gasteiger partial charge is 0.469 e. The number of pyridine rings is 1. The Morgan fingerprint density at radius 1 is 1.00 bits per heavy atom. The Hall–Kier alpha value is -2.98. The maximum Gasteiger partial charge on any atom is 0.310 e. The first-order chi connectivity index (χ1) is 13.6. The van der Waals surface area contributed by atoms with Crippen LogP contribution in [0.2, 0.25) is 0 Å². The maximum atomic E-state index is 12.2. The number of fused-ring (bicyclic) bond motifs is 1. The van der Waals surface area contributed by atoms with E-state index in [2.05, 4.69) is 48.7 Å². The Morgan fingerprint density at radius 3 is 2.39 bits per heavy atom. The van der Waals surface area contributed by atoms with Crippen molar-refractivity contribution in [2.45, 2.75) is 20.3 Å². The van der Waals surface area contributed by atoms with E-state index in [0.717, 1.165) is 43.7 Å². The molecule has 2 aromatic carbocycles. The van der Waals surface area contributed by atoms with E-state index < -0.39 is 0 Å². The maximum absolute atomic E-state index is 12.2. The number of methoxy groups -OCH3 is 1. The Balaban J connectivity index is 2.07. The van der Waals surface area contributed by atoms with E-state index in [1.54, 1.807) is 11.3 Å². The number of carbonyl (C=O) groups excluding carboxylic acids is 1. The summed E-state index contributed by atoms with van der Waals surface area (Å²) in [5, 5.41) is 3.26. The lowest BCUT2D eigenvalue weighted by Gasteiger charge is -2.15. The molecular weight excluding hydrogens is 366 g/mol. The molecule has 4 heteroatoms. The molecule has 0 radical (unpaired) electrons. The molecule has 2 aromatic heterocycles. The average molecular weight is 388 g/mol. The third kappa shape index (κ3) is 3.32. The molecule has 0 aliphatic rings. The summed E-state index contributed by atoms with van der Waals surface area (Å²) in [6, 6.07) is 18.8. The third-order valence-corrected chi connectivity index (χ3v) is 5.88. The van der Waals surface area contributed by atoms with Crippen molar-refractivity contribution in [2.24, 2.45) is 0 Å². The molecule has 0 atom stereocenters. The van der Waals surface area contributed by atoms with Crippen molar-refractivity contribution >= 4 is 27.5 Å². The summed E-state index contributed by atoms with van der Waals surface area (Å²) in [6.07, 6.45) is 0.207. The lowest BCUT2D eigenvalue weighted by molar-refractivity contribution is -0.139. The molecule has 4 aromatic rings. The molecular formula is C24H21NO2S. The number of nitrogens with zero attached hydrogens (tertiary/aromatic N) is 1. The standard InChI is InChI=1S/C24H21NO2S/c1-15-9-11-18(12-10-15)22-19(13-21(26)27-3)16(2)25-24-23(22)20(14-28-24)17-7-5-4-6-8-17/h4-12,14H,13H2,1-3H3. The number of thiophene rings is 1. The van der Waals surface area contributed by atoms with Crippen LogP contribution in [0.15, 0.2) is 60.0 Å². The van der Waals surface area contributed by atoms with E-state index in [1.807, 2.05) is 25.1 Å². The van der Waals surface area contributed by atoms with Crippen LogP contribution in [-0.4, -0.2) is 18.1 Å².